The van der Waals surface area contributed by atoms with Crippen LogP contribution in [0.15, 0.2) is 34.9 Å². The molecule has 0 fully saturated rings. The predicted octanol–water partition coefficient (Wildman–Crippen LogP) is 1.38. The average Bonchev–Trinajstić information content (AvgIpc) is 2.89. The van der Waals surface area contributed by atoms with Crippen LogP contribution in [-0.2, 0) is 17.8 Å². The van der Waals surface area contributed by atoms with E-state index in [2.05, 4.69) is 15.5 Å². The lowest BCUT2D eigenvalue weighted by molar-refractivity contribution is -0.123. The van der Waals surface area contributed by atoms with Gasteiger partial charge >= 0.3 is 0 Å². The van der Waals surface area contributed by atoms with Crippen molar-refractivity contribution >= 4 is 5.91 Å². The highest BCUT2D eigenvalue weighted by molar-refractivity contribution is 5.81. The second kappa shape index (κ2) is 6.48. The number of hydrogen-bond donors (Lipinski definition) is 1. The molecule has 0 saturated heterocycles. The smallest absolute Gasteiger partial charge is 0.246 e. The zero-order valence-electron chi connectivity index (χ0n) is 11.0. The van der Waals surface area contributed by atoms with Crippen molar-refractivity contribution in [2.24, 2.45) is 5.92 Å². The minimum Gasteiger partial charge on any atom is -0.346 e. The van der Waals surface area contributed by atoms with E-state index in [0.717, 1.165) is 5.56 Å². The molecule has 1 N–H and O–H groups in total. The van der Waals surface area contributed by atoms with Crippen molar-refractivity contribution in [3.05, 3.63) is 47.6 Å². The maximum absolute atomic E-state index is 11.9. The molecule has 102 valence electrons. The fourth-order valence-electron chi connectivity index (χ4n) is 1.74. The Hall–Kier alpha value is -2.68. The molecule has 0 saturated carbocycles. The van der Waals surface area contributed by atoms with Gasteiger partial charge in [-0.05, 0) is 18.9 Å². The molecule has 1 heterocycles. The van der Waals surface area contributed by atoms with Gasteiger partial charge in [-0.25, -0.2) is 0 Å². The summed E-state index contributed by atoms with van der Waals surface area (Å²) in [4.78, 5) is 15.9. The molecule has 1 atom stereocenters. The summed E-state index contributed by atoms with van der Waals surface area (Å²) in [5.74, 6) is -0.240. The maximum atomic E-state index is 11.9. The zero-order chi connectivity index (χ0) is 14.4. The van der Waals surface area contributed by atoms with Crippen LogP contribution >= 0.6 is 0 Å². The summed E-state index contributed by atoms with van der Waals surface area (Å²) in [6.45, 7) is 1.83. The fourth-order valence-corrected chi connectivity index (χ4v) is 1.74. The number of carbonyl (C=O) groups excluding carboxylic acids is 1. The third-order valence-corrected chi connectivity index (χ3v) is 2.74. The number of aromatic nitrogens is 2. The largest absolute Gasteiger partial charge is 0.346 e. The summed E-state index contributed by atoms with van der Waals surface area (Å²) >= 11 is 0. The van der Waals surface area contributed by atoms with Gasteiger partial charge in [0.05, 0.1) is 12.6 Å². The van der Waals surface area contributed by atoms with Gasteiger partial charge in [-0.15, -0.1) is 0 Å². The van der Waals surface area contributed by atoms with Crippen molar-refractivity contribution in [3.63, 3.8) is 0 Å². The molecule has 0 aliphatic rings. The van der Waals surface area contributed by atoms with Crippen LogP contribution in [0.2, 0.25) is 0 Å². The van der Waals surface area contributed by atoms with Gasteiger partial charge in [0.25, 0.3) is 0 Å². The van der Waals surface area contributed by atoms with Crippen LogP contribution in [0.25, 0.3) is 0 Å². The first-order chi connectivity index (χ1) is 9.69. The Balaban J connectivity index is 1.91. The molecular weight excluding hydrogens is 256 g/mol. The third kappa shape index (κ3) is 3.65. The first-order valence-electron chi connectivity index (χ1n) is 6.19. The lowest BCUT2D eigenvalue weighted by Crippen LogP contribution is -2.30. The van der Waals surface area contributed by atoms with Crippen LogP contribution in [0.1, 0.15) is 17.3 Å². The minimum absolute atomic E-state index is 0.132. The molecule has 20 heavy (non-hydrogen) atoms. The topological polar surface area (TPSA) is 91.8 Å². The van der Waals surface area contributed by atoms with E-state index in [1.54, 1.807) is 6.92 Å². The van der Waals surface area contributed by atoms with Gasteiger partial charge < -0.3 is 9.84 Å². The Morgan fingerprint density at radius 3 is 2.80 bits per heavy atom. The monoisotopic (exact) mass is 270 g/mol. The minimum atomic E-state index is -0.735. The van der Waals surface area contributed by atoms with Crippen LogP contribution in [0.5, 0.6) is 0 Å². The first-order valence-corrected chi connectivity index (χ1v) is 6.19. The number of carbonyl (C=O) groups is 1. The van der Waals surface area contributed by atoms with E-state index in [1.807, 2.05) is 36.4 Å². The Morgan fingerprint density at radius 1 is 1.45 bits per heavy atom. The average molecular weight is 270 g/mol. The lowest BCUT2D eigenvalue weighted by atomic mass is 10.00. The van der Waals surface area contributed by atoms with E-state index < -0.39 is 5.92 Å². The second-order valence-electron chi connectivity index (χ2n) is 4.32. The van der Waals surface area contributed by atoms with E-state index in [0.29, 0.717) is 18.1 Å². The van der Waals surface area contributed by atoms with Crippen molar-refractivity contribution in [1.82, 2.24) is 15.5 Å². The third-order valence-electron chi connectivity index (χ3n) is 2.74. The normalized spacial score (nSPS) is 11.6. The molecule has 0 bridgehead atoms. The molecule has 1 aromatic carbocycles. The summed E-state index contributed by atoms with van der Waals surface area (Å²) in [5.41, 5.74) is 0.947. The second-order valence-corrected chi connectivity index (χ2v) is 4.32. The number of hydrogen-bond acceptors (Lipinski definition) is 5. The van der Waals surface area contributed by atoms with E-state index in [1.165, 1.54) is 0 Å². The highest BCUT2D eigenvalue weighted by Crippen LogP contribution is 2.08. The molecule has 0 aliphatic heterocycles. The number of amides is 1. The molecule has 2 aromatic rings. The molecule has 6 nitrogen and oxygen atoms in total. The van der Waals surface area contributed by atoms with Crippen molar-refractivity contribution in [3.8, 4) is 6.07 Å². The van der Waals surface area contributed by atoms with E-state index in [9.17, 15) is 4.79 Å². The number of aryl methyl sites for hydroxylation is 1. The molecular formula is C14H14N4O2. The number of nitrogens with zero attached hydrogens (tertiary/aromatic N) is 3. The Morgan fingerprint density at radius 2 is 2.20 bits per heavy atom. The number of rotatable bonds is 5. The number of nitriles is 1. The highest BCUT2D eigenvalue weighted by atomic mass is 16.5. The molecule has 6 heteroatoms. The van der Waals surface area contributed by atoms with E-state index >= 15 is 0 Å². The Kier molecular flexibility index (Phi) is 4.45. The molecule has 0 spiro atoms. The summed E-state index contributed by atoms with van der Waals surface area (Å²) in [7, 11) is 0. The molecule has 0 aliphatic carbocycles. The Labute approximate surface area is 116 Å². The van der Waals surface area contributed by atoms with E-state index in [4.69, 9.17) is 9.78 Å². The van der Waals surface area contributed by atoms with Gasteiger partial charge in [-0.1, -0.05) is 35.5 Å². The standard InChI is InChI=1S/C14H14N4O2/c1-10-17-13(20-18-10)9-16-14(19)12(8-15)7-11-5-3-2-4-6-11/h2-6,12H,7,9H2,1H3,(H,16,19). The lowest BCUT2D eigenvalue weighted by Gasteiger charge is -2.08. The van der Waals surface area contributed by atoms with Crippen LogP contribution in [0.4, 0.5) is 0 Å². The molecule has 1 amide bonds. The van der Waals surface area contributed by atoms with Gasteiger partial charge in [0.2, 0.25) is 11.8 Å². The van der Waals surface area contributed by atoms with Crippen LogP contribution in [0, 0.1) is 24.2 Å². The van der Waals surface area contributed by atoms with Crippen LogP contribution in [-0.4, -0.2) is 16.0 Å². The van der Waals surface area contributed by atoms with Gasteiger partial charge in [-0.2, -0.15) is 10.2 Å². The molecule has 1 unspecified atom stereocenters. The maximum Gasteiger partial charge on any atom is 0.246 e. The summed E-state index contributed by atoms with van der Waals surface area (Å²) in [5, 5.41) is 15.3. The molecule has 1 aromatic heterocycles. The van der Waals surface area contributed by atoms with Gasteiger partial charge in [0.1, 0.15) is 5.92 Å². The van der Waals surface area contributed by atoms with Crippen LogP contribution < -0.4 is 5.32 Å². The first kappa shape index (κ1) is 13.7. The molecule has 2 rings (SSSR count). The summed E-state index contributed by atoms with van der Waals surface area (Å²) in [6, 6.07) is 11.4. The predicted molar refractivity (Wildman–Crippen MR) is 70.1 cm³/mol. The zero-order valence-corrected chi connectivity index (χ0v) is 11.0. The molecule has 0 radical (unpaired) electrons. The Bertz CT molecular complexity index is 616. The van der Waals surface area contributed by atoms with Crippen molar-refractivity contribution < 1.29 is 9.32 Å². The van der Waals surface area contributed by atoms with Gasteiger partial charge in [0, 0.05) is 0 Å². The number of benzene rings is 1. The van der Waals surface area contributed by atoms with E-state index in [-0.39, 0.29) is 12.5 Å². The number of nitrogens with one attached hydrogen (secondary N) is 1. The highest BCUT2D eigenvalue weighted by Gasteiger charge is 2.18. The van der Waals surface area contributed by atoms with Crippen molar-refractivity contribution in [2.45, 2.75) is 19.9 Å². The van der Waals surface area contributed by atoms with Crippen molar-refractivity contribution in [2.75, 3.05) is 0 Å². The van der Waals surface area contributed by atoms with Gasteiger partial charge in [-0.3, -0.25) is 4.79 Å². The van der Waals surface area contributed by atoms with Crippen molar-refractivity contribution in [1.29, 1.82) is 5.26 Å². The summed E-state index contributed by atoms with van der Waals surface area (Å²) in [6.07, 6.45) is 0.381. The summed E-state index contributed by atoms with van der Waals surface area (Å²) < 4.78 is 4.89. The fraction of sp³-hybridized carbons (Fsp3) is 0.286. The van der Waals surface area contributed by atoms with Gasteiger partial charge in [0.15, 0.2) is 5.82 Å². The quantitative estimate of drug-likeness (QED) is 0.886. The van der Waals surface area contributed by atoms with Crippen LogP contribution in [0.3, 0.4) is 0 Å². The SMILES string of the molecule is Cc1noc(CNC(=O)C(C#N)Cc2ccccc2)n1.